The van der Waals surface area contributed by atoms with Gasteiger partial charge < -0.3 is 14.5 Å². The van der Waals surface area contributed by atoms with Gasteiger partial charge in [0.15, 0.2) is 5.78 Å². The molecule has 41 heavy (non-hydrogen) atoms. The van der Waals surface area contributed by atoms with Gasteiger partial charge in [-0.2, -0.15) is 4.37 Å². The molecule has 0 aliphatic heterocycles. The van der Waals surface area contributed by atoms with Crippen LogP contribution >= 0.6 is 11.5 Å². The Balaban J connectivity index is 1.64. The maximum Gasteiger partial charge on any atom is 0.255 e. The van der Waals surface area contributed by atoms with Crippen LogP contribution in [0.25, 0.3) is 33.4 Å². The van der Waals surface area contributed by atoms with E-state index < -0.39 is 5.41 Å². The number of Topliss-reactive ketones (excluding diaryl/α,β-unsaturated/α-hetero) is 1. The van der Waals surface area contributed by atoms with Gasteiger partial charge in [0, 0.05) is 47.0 Å². The average molecular weight is 572 g/mol. The maximum absolute atomic E-state index is 13.6. The number of nitrogens with one attached hydrogen (secondary N) is 1. The number of carbonyl (C=O) groups excluding carboxylic acids is 2. The highest BCUT2D eigenvalue weighted by Crippen LogP contribution is 2.41. The minimum absolute atomic E-state index is 0.0175. The third-order valence-corrected chi connectivity index (χ3v) is 7.55. The first-order chi connectivity index (χ1) is 19.6. The van der Waals surface area contributed by atoms with Gasteiger partial charge in [-0.15, -0.1) is 0 Å². The first-order valence-corrected chi connectivity index (χ1v) is 14.1. The molecule has 0 fully saturated rings. The number of ketones is 1. The van der Waals surface area contributed by atoms with Gasteiger partial charge in [0.05, 0.1) is 12.2 Å². The van der Waals surface area contributed by atoms with Crippen molar-refractivity contribution in [3.63, 3.8) is 0 Å². The van der Waals surface area contributed by atoms with E-state index in [0.717, 1.165) is 11.1 Å². The molecule has 2 heterocycles. The van der Waals surface area contributed by atoms with Crippen molar-refractivity contribution in [2.75, 3.05) is 13.7 Å². The highest BCUT2D eigenvalue weighted by molar-refractivity contribution is 7.03. The Kier molecular flexibility index (Phi) is 7.73. The van der Waals surface area contributed by atoms with Gasteiger partial charge in [-0.3, -0.25) is 9.59 Å². The molecule has 2 aromatic heterocycles. The quantitative estimate of drug-likeness (QED) is 0.186. The molecule has 3 aromatic carbocycles. The second kappa shape index (κ2) is 11.2. The van der Waals surface area contributed by atoms with Crippen LogP contribution in [0.15, 0.2) is 64.5 Å². The number of rotatable bonds is 9. The minimum Gasteiger partial charge on any atom is -0.493 e. The Hall–Kier alpha value is -4.37. The van der Waals surface area contributed by atoms with Gasteiger partial charge in [0.2, 0.25) is 0 Å². The molecule has 1 amide bonds. The smallest absolute Gasteiger partial charge is 0.255 e. The largest absolute Gasteiger partial charge is 0.493 e. The van der Waals surface area contributed by atoms with Crippen molar-refractivity contribution >= 4 is 34.2 Å². The predicted molar refractivity (Wildman–Crippen MR) is 158 cm³/mol. The number of hydrogen-bond acceptors (Lipinski definition) is 7. The average Bonchev–Trinajstić information content (AvgIpc) is 3.62. The zero-order valence-electron chi connectivity index (χ0n) is 23.5. The van der Waals surface area contributed by atoms with Crippen LogP contribution in [0.4, 0.5) is 4.39 Å². The monoisotopic (exact) mass is 571 g/mol. The summed E-state index contributed by atoms with van der Waals surface area (Å²) in [5.41, 5.74) is 5.43. The number of furan rings is 1. The zero-order valence-corrected chi connectivity index (χ0v) is 24.3. The number of amides is 1. The molecule has 0 spiro atoms. The number of aromatic nitrogens is 2. The molecule has 5 rings (SSSR count). The molecular weight excluding hydrogens is 541 g/mol. The molecule has 0 unspecified atom stereocenters. The molecule has 0 bridgehead atoms. The number of halogens is 1. The number of ether oxygens (including phenoxy) is 1. The van der Waals surface area contributed by atoms with Crippen LogP contribution in [0.1, 0.15) is 59.3 Å². The van der Waals surface area contributed by atoms with E-state index in [0.29, 0.717) is 57.2 Å². The normalized spacial score (nSPS) is 11.6. The zero-order chi connectivity index (χ0) is 29.3. The fourth-order valence-corrected chi connectivity index (χ4v) is 5.50. The summed E-state index contributed by atoms with van der Waals surface area (Å²) in [4.78, 5) is 31.0. The van der Waals surface area contributed by atoms with Gasteiger partial charge in [-0.1, -0.05) is 26.0 Å². The summed E-state index contributed by atoms with van der Waals surface area (Å²) in [6, 6.07) is 15.1. The van der Waals surface area contributed by atoms with E-state index in [1.165, 1.54) is 23.7 Å². The molecule has 0 saturated carbocycles. The van der Waals surface area contributed by atoms with E-state index in [2.05, 4.69) is 14.7 Å². The van der Waals surface area contributed by atoms with Crippen LogP contribution in [0.5, 0.6) is 5.75 Å². The van der Waals surface area contributed by atoms with Crippen molar-refractivity contribution in [1.29, 1.82) is 0 Å². The first-order valence-electron chi connectivity index (χ1n) is 13.3. The fraction of sp³-hybridized carbons (Fsp3) is 0.250. The van der Waals surface area contributed by atoms with E-state index in [-0.39, 0.29) is 23.9 Å². The minimum atomic E-state index is -0.523. The predicted octanol–water partition coefficient (Wildman–Crippen LogP) is 7.37. The lowest BCUT2D eigenvalue weighted by molar-refractivity contribution is 0.0950. The molecule has 0 aliphatic carbocycles. The van der Waals surface area contributed by atoms with Crippen LogP contribution in [0.2, 0.25) is 0 Å². The molecule has 0 aliphatic rings. The third kappa shape index (κ3) is 5.50. The number of fused-ring (bicyclic) bond motifs is 1. The number of carbonyl (C=O) groups is 2. The molecular formula is C32H30FN3O4S. The molecule has 0 atom stereocenters. The van der Waals surface area contributed by atoms with Crippen molar-refractivity contribution in [1.82, 2.24) is 14.7 Å². The summed E-state index contributed by atoms with van der Waals surface area (Å²) in [6.07, 6.45) is 0.245. The van der Waals surface area contributed by atoms with E-state index in [1.54, 1.807) is 30.8 Å². The lowest BCUT2D eigenvalue weighted by atomic mass is 9.83. The second-order valence-corrected chi connectivity index (χ2v) is 11.0. The number of aryl methyl sites for hydroxylation is 1. The first kappa shape index (κ1) is 28.2. The lowest BCUT2D eigenvalue weighted by Crippen LogP contribution is -2.23. The van der Waals surface area contributed by atoms with Crippen molar-refractivity contribution in [3.05, 3.63) is 88.4 Å². The topological polar surface area (TPSA) is 94.3 Å². The molecule has 210 valence electrons. The Morgan fingerprint density at radius 3 is 2.46 bits per heavy atom. The summed E-state index contributed by atoms with van der Waals surface area (Å²) in [6.45, 7) is 8.12. The van der Waals surface area contributed by atoms with Crippen molar-refractivity contribution < 1.29 is 23.1 Å². The van der Waals surface area contributed by atoms with E-state index in [9.17, 15) is 14.0 Å². The van der Waals surface area contributed by atoms with E-state index >= 15 is 0 Å². The molecule has 0 saturated heterocycles. The Labute approximate surface area is 241 Å². The molecule has 9 heteroatoms. The van der Waals surface area contributed by atoms with Crippen molar-refractivity contribution in [2.24, 2.45) is 0 Å². The summed E-state index contributed by atoms with van der Waals surface area (Å²) in [5.74, 6) is 0.788. The van der Waals surface area contributed by atoms with Crippen LogP contribution in [0.3, 0.4) is 0 Å². The Bertz CT molecular complexity index is 1740. The molecule has 7 nitrogen and oxygen atoms in total. The standard InChI is InChI=1S/C32H30FN3O4S/c1-6-39-26-15-27-24(28(30(38)34-5)29(40-27)19-9-11-21(33)12-10-19)14-23(26)20-8-7-18(2)22(13-20)25(37)16-32(3,4)31-35-17-41-36-31/h7-15,17H,6,16H2,1-5H3,(H,34,38). The second-order valence-electron chi connectivity index (χ2n) is 10.4. The summed E-state index contributed by atoms with van der Waals surface area (Å²) < 4.78 is 30.2. The molecule has 1 N–H and O–H groups in total. The van der Waals surface area contributed by atoms with Crippen LogP contribution in [-0.2, 0) is 5.41 Å². The summed E-state index contributed by atoms with van der Waals surface area (Å²) in [5, 5.41) is 3.26. The van der Waals surface area contributed by atoms with Crippen molar-refractivity contribution in [3.8, 4) is 28.2 Å². The van der Waals surface area contributed by atoms with Gasteiger partial charge in [-0.05, 0) is 72.9 Å². The van der Waals surface area contributed by atoms with Gasteiger partial charge in [0.25, 0.3) is 5.91 Å². The SMILES string of the molecule is CCOc1cc2oc(-c3ccc(F)cc3)c(C(=O)NC)c2cc1-c1ccc(C)c(C(=O)CC(C)(C)c2ncsn2)c1. The number of benzene rings is 3. The highest BCUT2D eigenvalue weighted by atomic mass is 32.1. The summed E-state index contributed by atoms with van der Waals surface area (Å²) in [7, 11) is 1.55. The molecule has 5 aromatic rings. The third-order valence-electron chi connectivity index (χ3n) is 7.07. The Morgan fingerprint density at radius 1 is 1.07 bits per heavy atom. The van der Waals surface area contributed by atoms with Crippen LogP contribution in [0, 0.1) is 12.7 Å². The number of nitrogens with zero attached hydrogens (tertiary/aromatic N) is 2. The molecule has 0 radical (unpaired) electrons. The lowest BCUT2D eigenvalue weighted by Gasteiger charge is -2.21. The van der Waals surface area contributed by atoms with Crippen molar-refractivity contribution in [2.45, 2.75) is 39.5 Å². The summed E-state index contributed by atoms with van der Waals surface area (Å²) >= 11 is 1.27. The van der Waals surface area contributed by atoms with E-state index in [4.69, 9.17) is 9.15 Å². The van der Waals surface area contributed by atoms with E-state index in [1.807, 2.05) is 52.0 Å². The van der Waals surface area contributed by atoms with Crippen LogP contribution < -0.4 is 10.1 Å². The Morgan fingerprint density at radius 2 is 1.80 bits per heavy atom. The number of hydrogen-bond donors (Lipinski definition) is 1. The maximum atomic E-state index is 13.6. The highest BCUT2D eigenvalue weighted by Gasteiger charge is 2.29. The van der Waals surface area contributed by atoms with Gasteiger partial charge >= 0.3 is 0 Å². The van der Waals surface area contributed by atoms with Crippen LogP contribution in [-0.4, -0.2) is 34.7 Å². The fourth-order valence-electron chi connectivity index (χ4n) is 4.91. The van der Waals surface area contributed by atoms with Gasteiger partial charge in [0.1, 0.15) is 34.2 Å². The van der Waals surface area contributed by atoms with Gasteiger partial charge in [-0.25, -0.2) is 9.37 Å².